The van der Waals surface area contributed by atoms with Crippen LogP contribution in [0.1, 0.15) is 15.2 Å². The third-order valence-corrected chi connectivity index (χ3v) is 6.98. The molecule has 1 heterocycles. The Morgan fingerprint density at radius 2 is 1.67 bits per heavy atom. The Labute approximate surface area is 215 Å². The standard InChI is InChI=1S/C28H19ClN2O4S/c29-26-22-10-4-6-12-24(22)36-27(26)28(33)35-23-11-5-3-9-20(23)16-30-31-25(32)17-34-21-14-13-18-7-1-2-8-19(18)15-21/h1-16H,17H2,(H,31,32)/b30-16+. The summed E-state index contributed by atoms with van der Waals surface area (Å²) in [5.74, 6) is -0.104. The molecule has 36 heavy (non-hydrogen) atoms. The van der Waals surface area contributed by atoms with Crippen LogP contribution in [0.5, 0.6) is 11.5 Å². The highest BCUT2D eigenvalue weighted by molar-refractivity contribution is 7.21. The zero-order valence-electron chi connectivity index (χ0n) is 18.8. The lowest BCUT2D eigenvalue weighted by molar-refractivity contribution is -0.123. The van der Waals surface area contributed by atoms with Gasteiger partial charge in [0, 0.05) is 15.6 Å². The van der Waals surface area contributed by atoms with Crippen molar-refractivity contribution in [2.75, 3.05) is 6.61 Å². The molecule has 0 aliphatic carbocycles. The van der Waals surface area contributed by atoms with Gasteiger partial charge in [0.15, 0.2) is 6.61 Å². The summed E-state index contributed by atoms with van der Waals surface area (Å²) >= 11 is 7.67. The molecule has 0 aliphatic heterocycles. The van der Waals surface area contributed by atoms with Crippen molar-refractivity contribution < 1.29 is 19.1 Å². The number of benzene rings is 4. The first-order valence-electron chi connectivity index (χ1n) is 11.0. The smallest absolute Gasteiger partial charge is 0.355 e. The lowest BCUT2D eigenvalue weighted by atomic mass is 10.1. The highest BCUT2D eigenvalue weighted by Gasteiger charge is 2.19. The molecular formula is C28H19ClN2O4S. The van der Waals surface area contributed by atoms with Crippen LogP contribution < -0.4 is 14.9 Å². The van der Waals surface area contributed by atoms with Crippen molar-refractivity contribution in [1.82, 2.24) is 5.43 Å². The Hall–Kier alpha value is -4.20. The number of carbonyl (C=O) groups excluding carboxylic acids is 2. The third-order valence-electron chi connectivity index (χ3n) is 5.33. The highest BCUT2D eigenvalue weighted by atomic mass is 35.5. The van der Waals surface area contributed by atoms with E-state index in [1.165, 1.54) is 17.6 Å². The average Bonchev–Trinajstić information content (AvgIpc) is 3.25. The molecule has 1 aromatic heterocycles. The van der Waals surface area contributed by atoms with Gasteiger partial charge in [0.25, 0.3) is 5.91 Å². The van der Waals surface area contributed by atoms with Gasteiger partial charge in [0.1, 0.15) is 16.4 Å². The number of carbonyl (C=O) groups is 2. The van der Waals surface area contributed by atoms with E-state index in [1.807, 2.05) is 66.7 Å². The van der Waals surface area contributed by atoms with Crippen molar-refractivity contribution in [2.24, 2.45) is 5.10 Å². The molecule has 0 bridgehead atoms. The Morgan fingerprint density at radius 1 is 0.917 bits per heavy atom. The Bertz CT molecular complexity index is 1610. The second kappa shape index (κ2) is 10.6. The SMILES string of the molecule is O=C(COc1ccc2ccccc2c1)N/N=C/c1ccccc1OC(=O)c1sc2ccccc2c1Cl. The third kappa shape index (κ3) is 5.22. The van der Waals surface area contributed by atoms with Crippen LogP contribution in [-0.4, -0.2) is 24.7 Å². The van der Waals surface area contributed by atoms with Crippen molar-refractivity contribution in [3.05, 3.63) is 106 Å². The number of hydrogen-bond acceptors (Lipinski definition) is 6. The predicted octanol–water partition coefficient (Wildman–Crippen LogP) is 6.46. The van der Waals surface area contributed by atoms with Crippen LogP contribution in [0.4, 0.5) is 0 Å². The largest absolute Gasteiger partial charge is 0.484 e. The number of hydrazone groups is 1. The zero-order valence-corrected chi connectivity index (χ0v) is 20.4. The summed E-state index contributed by atoms with van der Waals surface area (Å²) in [5.41, 5.74) is 2.94. The minimum absolute atomic E-state index is 0.198. The first-order chi connectivity index (χ1) is 17.6. The molecule has 0 saturated carbocycles. The number of nitrogens with zero attached hydrogens (tertiary/aromatic N) is 1. The molecule has 0 fully saturated rings. The van der Waals surface area contributed by atoms with E-state index in [0.717, 1.165) is 20.9 Å². The van der Waals surface area contributed by atoms with Gasteiger partial charge >= 0.3 is 5.97 Å². The number of nitrogens with one attached hydrogen (secondary N) is 1. The number of fused-ring (bicyclic) bond motifs is 2. The van der Waals surface area contributed by atoms with Gasteiger partial charge in [-0.3, -0.25) is 4.79 Å². The lowest BCUT2D eigenvalue weighted by Crippen LogP contribution is -2.24. The molecule has 8 heteroatoms. The molecule has 178 valence electrons. The molecule has 5 aromatic rings. The summed E-state index contributed by atoms with van der Waals surface area (Å²) in [6, 6.07) is 27.9. The molecular weight excluding hydrogens is 496 g/mol. The van der Waals surface area contributed by atoms with E-state index in [2.05, 4.69) is 10.5 Å². The molecule has 0 saturated heterocycles. The van der Waals surface area contributed by atoms with E-state index in [9.17, 15) is 9.59 Å². The Balaban J connectivity index is 1.21. The van der Waals surface area contributed by atoms with E-state index in [1.54, 1.807) is 24.3 Å². The first-order valence-corrected chi connectivity index (χ1v) is 12.2. The maximum Gasteiger partial charge on any atom is 0.355 e. The number of esters is 1. The fraction of sp³-hybridized carbons (Fsp3) is 0.0357. The molecule has 6 nitrogen and oxygen atoms in total. The van der Waals surface area contributed by atoms with Gasteiger partial charge in [-0.05, 0) is 41.1 Å². The number of rotatable bonds is 7. The molecule has 1 N–H and O–H groups in total. The average molecular weight is 515 g/mol. The molecule has 0 radical (unpaired) electrons. The molecule has 4 aromatic carbocycles. The Morgan fingerprint density at radius 3 is 2.53 bits per heavy atom. The number of thiophene rings is 1. The van der Waals surface area contributed by atoms with Crippen LogP contribution in [0.15, 0.2) is 96.1 Å². The summed E-state index contributed by atoms with van der Waals surface area (Å²) in [6.45, 7) is -0.198. The van der Waals surface area contributed by atoms with Crippen molar-refractivity contribution in [1.29, 1.82) is 0 Å². The van der Waals surface area contributed by atoms with Gasteiger partial charge in [0.2, 0.25) is 0 Å². The number of amides is 1. The molecule has 5 rings (SSSR count). The van der Waals surface area contributed by atoms with Gasteiger partial charge in [-0.15, -0.1) is 11.3 Å². The van der Waals surface area contributed by atoms with Crippen LogP contribution in [0.25, 0.3) is 20.9 Å². The summed E-state index contributed by atoms with van der Waals surface area (Å²) in [5, 5.41) is 7.26. The van der Waals surface area contributed by atoms with Crippen LogP contribution in [-0.2, 0) is 4.79 Å². The monoisotopic (exact) mass is 514 g/mol. The molecule has 0 spiro atoms. The topological polar surface area (TPSA) is 77.0 Å². The van der Waals surface area contributed by atoms with Crippen molar-refractivity contribution >= 4 is 61.9 Å². The van der Waals surface area contributed by atoms with Gasteiger partial charge in [-0.1, -0.05) is 72.3 Å². The quantitative estimate of drug-likeness (QED) is 0.117. The number of para-hydroxylation sites is 1. The van der Waals surface area contributed by atoms with Crippen LogP contribution in [0.2, 0.25) is 5.02 Å². The van der Waals surface area contributed by atoms with Crippen molar-refractivity contribution in [3.63, 3.8) is 0 Å². The number of ether oxygens (including phenoxy) is 2. The number of halogens is 1. The summed E-state index contributed by atoms with van der Waals surface area (Å²) in [7, 11) is 0. The van der Waals surface area contributed by atoms with E-state index in [0.29, 0.717) is 27.0 Å². The summed E-state index contributed by atoms with van der Waals surface area (Å²) in [6.07, 6.45) is 1.41. The summed E-state index contributed by atoms with van der Waals surface area (Å²) in [4.78, 5) is 25.3. The number of hydrogen-bond donors (Lipinski definition) is 1. The molecule has 0 atom stereocenters. The predicted molar refractivity (Wildman–Crippen MR) is 143 cm³/mol. The van der Waals surface area contributed by atoms with Gasteiger partial charge in [-0.2, -0.15) is 5.10 Å². The second-order valence-corrected chi connectivity index (χ2v) is 9.19. The fourth-order valence-corrected chi connectivity index (χ4v) is 4.97. The highest BCUT2D eigenvalue weighted by Crippen LogP contribution is 2.36. The minimum Gasteiger partial charge on any atom is -0.484 e. The van der Waals surface area contributed by atoms with E-state index >= 15 is 0 Å². The Kier molecular flexibility index (Phi) is 6.93. The van der Waals surface area contributed by atoms with E-state index in [-0.39, 0.29) is 6.61 Å². The van der Waals surface area contributed by atoms with Crippen LogP contribution in [0.3, 0.4) is 0 Å². The first kappa shape index (κ1) is 23.5. The maximum absolute atomic E-state index is 12.8. The molecule has 0 aliphatic rings. The maximum atomic E-state index is 12.8. The molecule has 0 unspecified atom stereocenters. The van der Waals surface area contributed by atoms with Gasteiger partial charge < -0.3 is 9.47 Å². The van der Waals surface area contributed by atoms with Gasteiger partial charge in [-0.25, -0.2) is 10.2 Å². The van der Waals surface area contributed by atoms with Crippen molar-refractivity contribution in [2.45, 2.75) is 0 Å². The second-order valence-electron chi connectivity index (χ2n) is 7.76. The van der Waals surface area contributed by atoms with Gasteiger partial charge in [0.05, 0.1) is 11.2 Å². The fourth-order valence-electron chi connectivity index (χ4n) is 3.58. The molecule has 1 amide bonds. The summed E-state index contributed by atoms with van der Waals surface area (Å²) < 4.78 is 12.1. The lowest BCUT2D eigenvalue weighted by Gasteiger charge is -2.07. The van der Waals surface area contributed by atoms with Crippen molar-refractivity contribution in [3.8, 4) is 11.5 Å². The van der Waals surface area contributed by atoms with Crippen LogP contribution >= 0.6 is 22.9 Å². The minimum atomic E-state index is -0.560. The van der Waals surface area contributed by atoms with E-state index < -0.39 is 11.9 Å². The normalized spacial score (nSPS) is 11.1. The van der Waals surface area contributed by atoms with Crippen LogP contribution in [0, 0.1) is 0 Å². The van der Waals surface area contributed by atoms with E-state index in [4.69, 9.17) is 21.1 Å². The zero-order chi connectivity index (χ0) is 24.9.